The molecule has 8 heteroatoms. The molecule has 0 aliphatic carbocycles. The maximum absolute atomic E-state index is 4.21. The average molecular weight is 1270 g/mol. The van der Waals surface area contributed by atoms with E-state index >= 15 is 0 Å². The molecule has 20 rings (SSSR count). The van der Waals surface area contributed by atoms with Gasteiger partial charge < -0.3 is 9.62 Å². The number of aromatic nitrogens is 4. The Kier molecular flexibility index (Phi) is 14.3. The van der Waals surface area contributed by atoms with Crippen LogP contribution in [0.3, 0.4) is 0 Å². The highest BCUT2D eigenvalue weighted by Gasteiger charge is 2.44. The van der Waals surface area contributed by atoms with Crippen LogP contribution in [0.25, 0.3) is 134 Å². The fourth-order valence-electron chi connectivity index (χ4n) is 15.8. The first-order valence-corrected chi connectivity index (χ1v) is 34.2. The van der Waals surface area contributed by atoms with Crippen molar-refractivity contribution in [2.24, 2.45) is 0 Å². The van der Waals surface area contributed by atoms with E-state index in [1.54, 1.807) is 0 Å². The van der Waals surface area contributed by atoms with Crippen LogP contribution < -0.4 is 31.5 Å². The molecule has 0 unspecified atom stereocenters. The Labute approximate surface area is 582 Å². The van der Waals surface area contributed by atoms with E-state index in [0.717, 1.165) is 0 Å². The lowest BCUT2D eigenvalue weighted by Gasteiger charge is -2.43. The first-order chi connectivity index (χ1) is 49.6. The van der Waals surface area contributed by atoms with Crippen LogP contribution in [0, 0.1) is 0 Å². The van der Waals surface area contributed by atoms with Gasteiger partial charge in [-0.2, -0.15) is 0 Å². The Morgan fingerprint density at radius 1 is 0.160 bits per heavy atom. The molecule has 464 valence electrons. The van der Waals surface area contributed by atoms with Crippen molar-refractivity contribution < 1.29 is 0 Å². The Bertz CT molecular complexity index is 5460. The predicted molar refractivity (Wildman–Crippen MR) is 417 cm³/mol. The average Bonchev–Trinajstić information content (AvgIpc) is 0.713. The van der Waals surface area contributed by atoms with Gasteiger partial charge in [-0.15, -0.1) is 0 Å². The third-order valence-corrected chi connectivity index (χ3v) is 20.6. The molecule has 0 bridgehead atoms. The number of anilines is 4. The first-order valence-electron chi connectivity index (χ1n) is 34.2. The van der Waals surface area contributed by atoms with Crippen LogP contribution in [0.5, 0.6) is 0 Å². The topological polar surface area (TPSA) is 58.0 Å². The fraction of sp³-hybridized carbons (Fsp3) is 0. The van der Waals surface area contributed by atoms with Gasteiger partial charge in [-0.05, 0) is 242 Å². The lowest BCUT2D eigenvalue weighted by molar-refractivity contribution is 1.33. The molecule has 0 fully saturated rings. The molecule has 8 heterocycles. The summed E-state index contributed by atoms with van der Waals surface area (Å²) in [5.74, 6) is 0. The molecule has 0 saturated carbocycles. The van der Waals surface area contributed by atoms with Gasteiger partial charge in [0.25, 0.3) is 0 Å². The molecule has 4 aliphatic heterocycles. The van der Waals surface area contributed by atoms with Crippen LogP contribution in [-0.4, -0.2) is 33.6 Å². The summed E-state index contributed by atoms with van der Waals surface area (Å²) in [7, 11) is 0. The van der Waals surface area contributed by atoms with Crippen molar-refractivity contribution in [1.82, 2.24) is 19.9 Å². The third-order valence-electron chi connectivity index (χ3n) is 20.6. The molecule has 0 atom stereocenters. The molecule has 0 saturated heterocycles. The summed E-state index contributed by atoms with van der Waals surface area (Å²) < 4.78 is 0. The Morgan fingerprint density at radius 3 is 0.640 bits per heavy atom. The van der Waals surface area contributed by atoms with Crippen LogP contribution in [0.2, 0.25) is 0 Å². The SMILES string of the molecule is c1cc(-c2ccncc2)cc(-c2ccc3c(c2)-c2ccccc2B2c4ccccc4-c4cc(-c5cccc(-c6ccncc6)c5)ccc4N23)c1.c1ccc2c(c1)B1c3ccccc3-c3cc(-c4ccc(-c5ccncc5)cc4)ccc3N1c1ccc(-c3ccc(-c4ccncc4)cc3)cc1-2. The zero-order valence-electron chi connectivity index (χ0n) is 54.5. The zero-order valence-corrected chi connectivity index (χ0v) is 54.5. The highest BCUT2D eigenvalue weighted by molar-refractivity contribution is 6.93. The summed E-state index contributed by atoms with van der Waals surface area (Å²) in [5.41, 5.74) is 39.5. The number of hydrogen-bond donors (Lipinski definition) is 0. The summed E-state index contributed by atoms with van der Waals surface area (Å²) in [6, 6.07) is 116. The second-order valence-electron chi connectivity index (χ2n) is 26.1. The normalized spacial score (nSPS) is 12.3. The Morgan fingerprint density at radius 2 is 0.360 bits per heavy atom. The highest BCUT2D eigenvalue weighted by atomic mass is 15.1. The number of rotatable bonds is 8. The van der Waals surface area contributed by atoms with Crippen molar-refractivity contribution in [3.63, 3.8) is 0 Å². The van der Waals surface area contributed by atoms with E-state index in [9.17, 15) is 0 Å². The lowest BCUT2D eigenvalue weighted by Crippen LogP contribution is -2.59. The summed E-state index contributed by atoms with van der Waals surface area (Å²) in [4.78, 5) is 21.9. The smallest absolute Gasteiger partial charge is 0.329 e. The van der Waals surface area contributed by atoms with Crippen LogP contribution >= 0.6 is 0 Å². The molecule has 4 aliphatic rings. The summed E-state index contributed by atoms with van der Waals surface area (Å²) >= 11 is 0. The van der Waals surface area contributed by atoms with E-state index in [0.29, 0.717) is 0 Å². The summed E-state index contributed by atoms with van der Waals surface area (Å²) in [6.07, 6.45) is 14.8. The van der Waals surface area contributed by atoms with Gasteiger partial charge in [-0.3, -0.25) is 19.9 Å². The molecule has 100 heavy (non-hydrogen) atoms. The second kappa shape index (κ2) is 24.6. The molecule has 0 radical (unpaired) electrons. The number of pyridine rings is 4. The van der Waals surface area contributed by atoms with Crippen LogP contribution in [0.1, 0.15) is 0 Å². The third kappa shape index (κ3) is 10.1. The maximum Gasteiger partial charge on any atom is 0.329 e. The second-order valence-corrected chi connectivity index (χ2v) is 26.1. The van der Waals surface area contributed by atoms with E-state index in [2.05, 4.69) is 345 Å². The van der Waals surface area contributed by atoms with Gasteiger partial charge in [0.15, 0.2) is 0 Å². The molecule has 0 spiro atoms. The van der Waals surface area contributed by atoms with E-state index in [1.807, 2.05) is 49.6 Å². The van der Waals surface area contributed by atoms with Gasteiger partial charge in [-0.25, -0.2) is 0 Å². The zero-order chi connectivity index (χ0) is 66.0. The lowest BCUT2D eigenvalue weighted by atomic mass is 9.43. The number of nitrogens with zero attached hydrogens (tertiary/aromatic N) is 6. The van der Waals surface area contributed by atoms with Gasteiger partial charge >= 0.3 is 13.7 Å². The molecule has 0 N–H and O–H groups in total. The van der Waals surface area contributed by atoms with E-state index in [1.165, 1.54) is 178 Å². The van der Waals surface area contributed by atoms with Crippen LogP contribution in [0.15, 0.2) is 365 Å². The van der Waals surface area contributed by atoms with E-state index in [-0.39, 0.29) is 13.7 Å². The van der Waals surface area contributed by atoms with Crippen molar-refractivity contribution in [2.75, 3.05) is 9.62 Å². The van der Waals surface area contributed by atoms with Gasteiger partial charge in [0, 0.05) is 94.6 Å². The van der Waals surface area contributed by atoms with E-state index < -0.39 is 0 Å². The van der Waals surface area contributed by atoms with Crippen molar-refractivity contribution in [2.45, 2.75) is 0 Å². The first kappa shape index (κ1) is 58.3. The monoisotopic (exact) mass is 1270 g/mol. The van der Waals surface area contributed by atoms with Crippen LogP contribution in [0.4, 0.5) is 22.7 Å². The van der Waals surface area contributed by atoms with Crippen molar-refractivity contribution in [3.05, 3.63) is 365 Å². The van der Waals surface area contributed by atoms with Crippen molar-refractivity contribution in [3.8, 4) is 134 Å². The Balaban J connectivity index is 0.000000139. The molecule has 0 amide bonds. The Hall–Kier alpha value is -13.0. The highest BCUT2D eigenvalue weighted by Crippen LogP contribution is 2.51. The minimum Gasteiger partial charge on any atom is -0.376 e. The van der Waals surface area contributed by atoms with Gasteiger partial charge in [0.05, 0.1) is 0 Å². The molecule has 6 nitrogen and oxygen atoms in total. The number of benzene rings is 12. The van der Waals surface area contributed by atoms with Crippen LogP contribution in [-0.2, 0) is 0 Å². The van der Waals surface area contributed by atoms with Gasteiger partial charge in [-0.1, -0.05) is 206 Å². The molecule has 12 aromatic carbocycles. The quantitative estimate of drug-likeness (QED) is 0.141. The number of hydrogen-bond acceptors (Lipinski definition) is 6. The van der Waals surface area contributed by atoms with Gasteiger partial charge in [0.2, 0.25) is 0 Å². The van der Waals surface area contributed by atoms with E-state index in [4.69, 9.17) is 0 Å². The fourth-order valence-corrected chi connectivity index (χ4v) is 15.8. The maximum atomic E-state index is 4.21. The minimum absolute atomic E-state index is 0.0733. The molecule has 4 aromatic heterocycles. The minimum atomic E-state index is 0.0733. The van der Waals surface area contributed by atoms with Gasteiger partial charge in [0.1, 0.15) is 0 Å². The molecule has 16 aromatic rings. The summed E-state index contributed by atoms with van der Waals surface area (Å²) in [5, 5.41) is 0. The molecular formula is C92H60B2N6. The summed E-state index contributed by atoms with van der Waals surface area (Å²) in [6.45, 7) is 0.155. The predicted octanol–water partition coefficient (Wildman–Crippen LogP) is 20.1. The molecular weight excluding hydrogens is 1210 g/mol. The van der Waals surface area contributed by atoms with Crippen molar-refractivity contribution in [1.29, 1.82) is 0 Å². The van der Waals surface area contributed by atoms with Crippen molar-refractivity contribution >= 4 is 58.3 Å². The number of fused-ring (bicyclic) bond motifs is 22. The standard InChI is InChI=1S/2C46H30BN3/c1-3-13-43-39(11-1)41-29-37(35-9-5-7-33(27-35)31-19-23-48-24-20-31)15-17-45(41)50-46-18-16-38(30-42(46)40-12-2-4-14-44(40)47(43)50)36-10-6-8-34(28-36)32-21-25-49-26-22-32;1-3-7-43-39(5-1)41-29-37(33-13-9-31(10-14-33)35-21-25-48-26-22-35)17-19-45(41)50-46-20-18-38(30-42(46)40-6-2-4-8-44(40)47(43)50)34-15-11-32(12-16-34)36-23-27-49-28-24-36/h2*1-30H. The largest absolute Gasteiger partial charge is 0.376 e.